The molecule has 0 saturated carbocycles. The summed E-state index contributed by atoms with van der Waals surface area (Å²) in [7, 11) is 1.63. The second-order valence-electron chi connectivity index (χ2n) is 5.20. The van der Waals surface area contributed by atoms with E-state index in [4.69, 9.17) is 4.74 Å². The average molecular weight is 378 g/mol. The molecule has 1 fully saturated rings. The van der Waals surface area contributed by atoms with Crippen LogP contribution in [0.2, 0.25) is 0 Å². The lowest BCUT2D eigenvalue weighted by Crippen LogP contribution is -2.57. The Hall–Kier alpha value is -0.780. The number of amides is 1. The third-order valence-electron chi connectivity index (χ3n) is 3.94. The van der Waals surface area contributed by atoms with Crippen molar-refractivity contribution < 1.29 is 9.53 Å². The minimum atomic E-state index is 0. The lowest BCUT2D eigenvalue weighted by atomic mass is 10.0. The normalized spacial score (nSPS) is 21.6. The zero-order valence-electron chi connectivity index (χ0n) is 12.6. The molecule has 1 N–H and O–H groups in total. The lowest BCUT2D eigenvalue weighted by molar-refractivity contribution is -0.134. The number of ether oxygens (including phenoxy) is 1. The van der Waals surface area contributed by atoms with Crippen LogP contribution in [-0.2, 0) is 11.2 Å². The molecule has 6 heteroatoms. The van der Waals surface area contributed by atoms with Crippen LogP contribution in [0.15, 0.2) is 22.7 Å². The summed E-state index contributed by atoms with van der Waals surface area (Å²) in [4.78, 5) is 14.5. The number of benzene rings is 1. The highest BCUT2D eigenvalue weighted by atomic mass is 79.9. The van der Waals surface area contributed by atoms with E-state index in [2.05, 4.69) is 35.1 Å². The predicted molar refractivity (Wildman–Crippen MR) is 90.3 cm³/mol. The summed E-state index contributed by atoms with van der Waals surface area (Å²) < 4.78 is 6.29. The maximum absolute atomic E-state index is 12.5. The first-order valence-corrected chi connectivity index (χ1v) is 7.67. The van der Waals surface area contributed by atoms with Gasteiger partial charge >= 0.3 is 0 Å². The zero-order valence-corrected chi connectivity index (χ0v) is 15.0. The van der Waals surface area contributed by atoms with Crippen molar-refractivity contribution in [3.05, 3.63) is 28.2 Å². The third-order valence-corrected chi connectivity index (χ3v) is 4.43. The van der Waals surface area contributed by atoms with E-state index in [0.717, 1.165) is 28.9 Å². The van der Waals surface area contributed by atoms with E-state index < -0.39 is 0 Å². The van der Waals surface area contributed by atoms with Crippen molar-refractivity contribution in [1.82, 2.24) is 10.2 Å². The fraction of sp³-hybridized carbons (Fsp3) is 0.533. The molecule has 4 nitrogen and oxygen atoms in total. The summed E-state index contributed by atoms with van der Waals surface area (Å²) in [6.45, 7) is 5.82. The molecule has 2 unspecified atom stereocenters. The number of rotatable bonds is 3. The van der Waals surface area contributed by atoms with E-state index >= 15 is 0 Å². The molecule has 1 aliphatic rings. The van der Waals surface area contributed by atoms with E-state index in [1.165, 1.54) is 0 Å². The Kier molecular flexibility index (Phi) is 6.97. The van der Waals surface area contributed by atoms with Gasteiger partial charge in [0.25, 0.3) is 0 Å². The number of carbonyl (C=O) groups is 1. The van der Waals surface area contributed by atoms with E-state index in [-0.39, 0.29) is 24.4 Å². The average Bonchev–Trinajstić information content (AvgIpc) is 2.42. The number of halogens is 2. The van der Waals surface area contributed by atoms with Gasteiger partial charge in [-0.05, 0) is 32.0 Å². The monoisotopic (exact) mass is 376 g/mol. The van der Waals surface area contributed by atoms with Gasteiger partial charge in [0.05, 0.1) is 13.5 Å². The highest BCUT2D eigenvalue weighted by Gasteiger charge is 2.28. The highest BCUT2D eigenvalue weighted by Crippen LogP contribution is 2.24. The molecule has 0 aliphatic carbocycles. The second-order valence-corrected chi connectivity index (χ2v) is 6.12. The van der Waals surface area contributed by atoms with E-state index in [0.29, 0.717) is 12.5 Å². The van der Waals surface area contributed by atoms with Crippen molar-refractivity contribution in [1.29, 1.82) is 0 Å². The van der Waals surface area contributed by atoms with Crippen LogP contribution in [0.3, 0.4) is 0 Å². The van der Waals surface area contributed by atoms with Gasteiger partial charge in [0, 0.05) is 35.2 Å². The Balaban J connectivity index is 0.00000220. The summed E-state index contributed by atoms with van der Waals surface area (Å²) in [6.07, 6.45) is 0.375. The Morgan fingerprint density at radius 2 is 2.19 bits per heavy atom. The first-order valence-electron chi connectivity index (χ1n) is 6.88. The van der Waals surface area contributed by atoms with Crippen molar-refractivity contribution in [2.75, 3.05) is 20.2 Å². The molecule has 1 saturated heterocycles. The van der Waals surface area contributed by atoms with E-state index in [9.17, 15) is 4.79 Å². The van der Waals surface area contributed by atoms with Crippen molar-refractivity contribution in [2.24, 2.45) is 0 Å². The molecule has 118 valence electrons. The topological polar surface area (TPSA) is 41.6 Å². The van der Waals surface area contributed by atoms with E-state index in [1.807, 2.05) is 23.1 Å². The minimum Gasteiger partial charge on any atom is -0.496 e. The minimum absolute atomic E-state index is 0. The first-order chi connectivity index (χ1) is 9.52. The number of nitrogens with zero attached hydrogens (tertiary/aromatic N) is 1. The van der Waals surface area contributed by atoms with Crippen molar-refractivity contribution in [3.63, 3.8) is 0 Å². The Morgan fingerprint density at radius 3 is 2.86 bits per heavy atom. The Labute approximate surface area is 140 Å². The number of nitrogens with one attached hydrogen (secondary N) is 1. The fourth-order valence-corrected chi connectivity index (χ4v) is 2.97. The number of carbonyl (C=O) groups excluding carboxylic acids is 1. The molecule has 21 heavy (non-hydrogen) atoms. The molecule has 0 aromatic heterocycles. The Bertz CT molecular complexity index is 499. The predicted octanol–water partition coefficient (Wildman–Crippen LogP) is 2.63. The van der Waals surface area contributed by atoms with Gasteiger partial charge in [0.1, 0.15) is 5.75 Å². The fourth-order valence-electron chi connectivity index (χ4n) is 2.56. The number of piperazine rings is 1. The van der Waals surface area contributed by atoms with Crippen LogP contribution >= 0.6 is 28.3 Å². The van der Waals surface area contributed by atoms with Gasteiger partial charge in [-0.15, -0.1) is 12.4 Å². The molecular formula is C15H22BrClN2O2. The summed E-state index contributed by atoms with van der Waals surface area (Å²) in [5, 5.41) is 3.39. The molecule has 2 atom stereocenters. The molecule has 0 bridgehead atoms. The highest BCUT2D eigenvalue weighted by molar-refractivity contribution is 9.10. The summed E-state index contributed by atoms with van der Waals surface area (Å²) >= 11 is 3.44. The van der Waals surface area contributed by atoms with Crippen molar-refractivity contribution in [2.45, 2.75) is 32.4 Å². The molecule has 0 radical (unpaired) electrons. The maximum Gasteiger partial charge on any atom is 0.227 e. The Morgan fingerprint density at radius 1 is 1.48 bits per heavy atom. The van der Waals surface area contributed by atoms with Crippen LogP contribution in [0.5, 0.6) is 5.75 Å². The van der Waals surface area contributed by atoms with Crippen LogP contribution in [0.25, 0.3) is 0 Å². The van der Waals surface area contributed by atoms with Gasteiger partial charge in [-0.1, -0.05) is 15.9 Å². The smallest absolute Gasteiger partial charge is 0.227 e. The maximum atomic E-state index is 12.5. The standard InChI is InChI=1S/C15H21BrN2O2.ClH/c1-10-11(2)18(7-6-17-10)15(19)9-12-8-13(16)4-5-14(12)20-3;/h4-5,8,10-11,17H,6-7,9H2,1-3H3;1H. The SMILES string of the molecule is COc1ccc(Br)cc1CC(=O)N1CCNC(C)C1C.Cl. The van der Waals surface area contributed by atoms with Crippen molar-refractivity contribution in [3.8, 4) is 5.75 Å². The molecule has 0 spiro atoms. The van der Waals surface area contributed by atoms with Gasteiger partial charge in [-0.3, -0.25) is 4.79 Å². The van der Waals surface area contributed by atoms with Crippen LogP contribution in [0, 0.1) is 0 Å². The summed E-state index contributed by atoms with van der Waals surface area (Å²) in [5.41, 5.74) is 0.922. The number of methoxy groups -OCH3 is 1. The molecule has 1 aliphatic heterocycles. The molecule has 1 aromatic rings. The lowest BCUT2D eigenvalue weighted by Gasteiger charge is -2.38. The number of hydrogen-bond donors (Lipinski definition) is 1. The quantitative estimate of drug-likeness (QED) is 0.880. The van der Waals surface area contributed by atoms with Crippen LogP contribution < -0.4 is 10.1 Å². The van der Waals surface area contributed by atoms with Gasteiger partial charge < -0.3 is 15.0 Å². The van der Waals surface area contributed by atoms with Crippen LogP contribution in [0.4, 0.5) is 0 Å². The van der Waals surface area contributed by atoms with Crippen LogP contribution in [-0.4, -0.2) is 43.1 Å². The number of hydrogen-bond acceptors (Lipinski definition) is 3. The molecule has 2 rings (SSSR count). The first kappa shape index (κ1) is 18.3. The van der Waals surface area contributed by atoms with Crippen LogP contribution in [0.1, 0.15) is 19.4 Å². The largest absolute Gasteiger partial charge is 0.496 e. The summed E-state index contributed by atoms with van der Waals surface area (Å²) in [6, 6.07) is 6.30. The molecule has 1 heterocycles. The van der Waals surface area contributed by atoms with Gasteiger partial charge in [0.15, 0.2) is 0 Å². The summed E-state index contributed by atoms with van der Waals surface area (Å²) in [5.74, 6) is 0.916. The van der Waals surface area contributed by atoms with Gasteiger partial charge in [-0.2, -0.15) is 0 Å². The molecule has 1 amide bonds. The van der Waals surface area contributed by atoms with E-state index in [1.54, 1.807) is 7.11 Å². The molecular weight excluding hydrogens is 356 g/mol. The van der Waals surface area contributed by atoms with Gasteiger partial charge in [0.2, 0.25) is 5.91 Å². The van der Waals surface area contributed by atoms with Gasteiger partial charge in [-0.25, -0.2) is 0 Å². The second kappa shape index (κ2) is 8.01. The van der Waals surface area contributed by atoms with Crippen molar-refractivity contribution >= 4 is 34.2 Å². The molecule has 1 aromatic carbocycles. The zero-order chi connectivity index (χ0) is 14.7. The third kappa shape index (κ3) is 4.34.